The van der Waals surface area contributed by atoms with Gasteiger partial charge in [0.05, 0.1) is 0 Å². The Morgan fingerprint density at radius 3 is 2.32 bits per heavy atom. The second-order valence-electron chi connectivity index (χ2n) is 4.66. The Kier molecular flexibility index (Phi) is 6.17. The average molecular weight is 331 g/mol. The van der Waals surface area contributed by atoms with Gasteiger partial charge < -0.3 is 10.4 Å². The summed E-state index contributed by atoms with van der Waals surface area (Å²) in [6.45, 7) is 1.35. The first kappa shape index (κ1) is 16.8. The molecule has 0 aromatic rings. The minimum absolute atomic E-state index is 0.0469. The fourth-order valence-electron chi connectivity index (χ4n) is 2.08. The van der Waals surface area contributed by atoms with Crippen molar-refractivity contribution in [1.29, 1.82) is 5.41 Å². The lowest BCUT2D eigenvalue weighted by Crippen LogP contribution is -2.55. The van der Waals surface area contributed by atoms with E-state index in [9.17, 15) is 9.90 Å². The summed E-state index contributed by atoms with van der Waals surface area (Å²) in [5, 5.41) is 20.1. The number of aliphatic hydroxyl groups excluding tert-OH is 1. The third-order valence-electron chi connectivity index (χ3n) is 3.05. The van der Waals surface area contributed by atoms with Crippen molar-refractivity contribution in [3.63, 3.8) is 0 Å². The highest BCUT2D eigenvalue weighted by Gasteiger charge is 2.39. The molecule has 3 N–H and O–H groups in total. The number of aliphatic hydroxyl groups is 1. The van der Waals surface area contributed by atoms with Crippen LogP contribution in [0.3, 0.4) is 0 Å². The number of urea groups is 1. The Labute approximate surface area is 127 Å². The highest BCUT2D eigenvalue weighted by Crippen LogP contribution is 2.32. The molecule has 1 unspecified atom stereocenters. The molecule has 1 fully saturated rings. The smallest absolute Gasteiger partial charge is 0.325 e. The number of nitrogens with one attached hydrogen (secondary N) is 2. The summed E-state index contributed by atoms with van der Waals surface area (Å²) in [7, 11) is 0. The van der Waals surface area contributed by atoms with E-state index in [4.69, 9.17) is 40.2 Å². The third kappa shape index (κ3) is 4.99. The molecule has 0 bridgehead atoms. The van der Waals surface area contributed by atoms with Gasteiger partial charge in [0.1, 0.15) is 5.84 Å². The van der Waals surface area contributed by atoms with E-state index in [1.54, 1.807) is 0 Å². The van der Waals surface area contributed by atoms with Crippen molar-refractivity contribution in [2.45, 2.75) is 55.1 Å². The Morgan fingerprint density at radius 2 is 1.89 bits per heavy atom. The van der Waals surface area contributed by atoms with Crippen molar-refractivity contribution < 1.29 is 9.90 Å². The minimum atomic E-state index is -2.06. The molecule has 0 aromatic heterocycles. The lowest BCUT2D eigenvalue weighted by molar-refractivity contribution is 0.0727. The molecule has 1 aliphatic carbocycles. The van der Waals surface area contributed by atoms with Crippen LogP contribution >= 0.6 is 34.8 Å². The van der Waals surface area contributed by atoms with E-state index in [1.165, 1.54) is 6.92 Å². The van der Waals surface area contributed by atoms with Gasteiger partial charge in [-0.25, -0.2) is 4.79 Å². The first-order valence-electron chi connectivity index (χ1n) is 6.13. The summed E-state index contributed by atoms with van der Waals surface area (Å²) in [6, 6.07) is -0.566. The van der Waals surface area contributed by atoms with Gasteiger partial charge in [0.15, 0.2) is 6.23 Å². The Bertz CT molecular complexity index is 341. The lowest BCUT2D eigenvalue weighted by Gasteiger charge is -2.33. The van der Waals surface area contributed by atoms with E-state index in [0.29, 0.717) is 0 Å². The summed E-state index contributed by atoms with van der Waals surface area (Å²) in [6.07, 6.45) is 3.36. The number of halogens is 3. The molecule has 0 aliphatic heterocycles. The molecule has 0 heterocycles. The predicted octanol–water partition coefficient (Wildman–Crippen LogP) is 3.02. The van der Waals surface area contributed by atoms with Crippen LogP contribution in [0.4, 0.5) is 4.79 Å². The van der Waals surface area contributed by atoms with Gasteiger partial charge in [0, 0.05) is 6.04 Å². The normalized spacial score (nSPS) is 18.8. The number of hydrogen-bond acceptors (Lipinski definition) is 3. The van der Waals surface area contributed by atoms with E-state index in [0.717, 1.165) is 37.0 Å². The maximum Gasteiger partial charge on any atom is 0.325 e. The van der Waals surface area contributed by atoms with Crippen molar-refractivity contribution >= 4 is 46.7 Å². The van der Waals surface area contributed by atoms with Gasteiger partial charge in [-0.05, 0) is 19.8 Å². The zero-order chi connectivity index (χ0) is 14.6. The number of hydrogen-bond donors (Lipinski definition) is 3. The van der Waals surface area contributed by atoms with E-state index < -0.39 is 16.1 Å². The van der Waals surface area contributed by atoms with Crippen LogP contribution < -0.4 is 5.32 Å². The number of carbonyl (C=O) groups is 1. The molecule has 2 amide bonds. The number of amidine groups is 1. The number of alkyl halides is 3. The first-order valence-corrected chi connectivity index (χ1v) is 7.26. The molecular weight excluding hydrogens is 312 g/mol. The average Bonchev–Trinajstić information content (AvgIpc) is 2.28. The molecular formula is C11H18Cl3N3O2. The maximum atomic E-state index is 12.1. The molecule has 0 radical (unpaired) electrons. The van der Waals surface area contributed by atoms with Crippen molar-refractivity contribution in [3.05, 3.63) is 0 Å². The van der Waals surface area contributed by atoms with E-state index >= 15 is 0 Å². The van der Waals surface area contributed by atoms with Crippen LogP contribution in [0.5, 0.6) is 0 Å². The SMILES string of the molecule is CC(=N)N(C(=O)NC1CCCCC1)C(O)C(Cl)(Cl)Cl. The number of carbonyl (C=O) groups excluding carboxylic acids is 1. The van der Waals surface area contributed by atoms with Crippen LogP contribution in [-0.2, 0) is 0 Å². The molecule has 19 heavy (non-hydrogen) atoms. The van der Waals surface area contributed by atoms with Crippen molar-refractivity contribution in [1.82, 2.24) is 10.2 Å². The molecule has 1 saturated carbocycles. The van der Waals surface area contributed by atoms with Crippen molar-refractivity contribution in [2.75, 3.05) is 0 Å². The molecule has 110 valence electrons. The van der Waals surface area contributed by atoms with Gasteiger partial charge in [0.25, 0.3) is 0 Å². The third-order valence-corrected chi connectivity index (χ3v) is 3.64. The zero-order valence-corrected chi connectivity index (χ0v) is 12.9. The Balaban J connectivity index is 2.70. The topological polar surface area (TPSA) is 76.4 Å². The van der Waals surface area contributed by atoms with Gasteiger partial charge in [-0.3, -0.25) is 10.3 Å². The number of nitrogens with zero attached hydrogens (tertiary/aromatic N) is 1. The molecule has 0 aromatic carbocycles. The summed E-state index contributed by atoms with van der Waals surface area (Å²) in [5.74, 6) is -0.188. The summed E-state index contributed by atoms with van der Waals surface area (Å²) in [4.78, 5) is 12.8. The highest BCUT2D eigenvalue weighted by atomic mass is 35.6. The Hall–Kier alpha value is -0.230. The largest absolute Gasteiger partial charge is 0.369 e. The van der Waals surface area contributed by atoms with Gasteiger partial charge in [-0.15, -0.1) is 0 Å². The van der Waals surface area contributed by atoms with Gasteiger partial charge >= 0.3 is 6.03 Å². The molecule has 1 rings (SSSR count). The molecule has 0 saturated heterocycles. The first-order chi connectivity index (χ1) is 8.73. The lowest BCUT2D eigenvalue weighted by atomic mass is 9.96. The molecule has 1 atom stereocenters. The quantitative estimate of drug-likeness (QED) is 0.315. The predicted molar refractivity (Wildman–Crippen MR) is 76.9 cm³/mol. The molecule has 1 aliphatic rings. The van der Waals surface area contributed by atoms with Gasteiger partial charge in [0.2, 0.25) is 3.79 Å². The molecule has 5 nitrogen and oxygen atoms in total. The summed E-state index contributed by atoms with van der Waals surface area (Å²) in [5.41, 5.74) is 0. The maximum absolute atomic E-state index is 12.1. The fourth-order valence-corrected chi connectivity index (χ4v) is 2.38. The fraction of sp³-hybridized carbons (Fsp3) is 0.818. The van der Waals surface area contributed by atoms with Crippen LogP contribution in [-0.4, -0.2) is 37.9 Å². The summed E-state index contributed by atoms with van der Waals surface area (Å²) >= 11 is 16.7. The van der Waals surface area contributed by atoms with Crippen LogP contribution in [0.2, 0.25) is 0 Å². The van der Waals surface area contributed by atoms with Gasteiger partial charge in [-0.1, -0.05) is 54.1 Å². The highest BCUT2D eigenvalue weighted by molar-refractivity contribution is 6.68. The van der Waals surface area contributed by atoms with E-state index in [2.05, 4.69) is 5.32 Å². The number of rotatable bonds is 2. The molecule has 0 spiro atoms. The van der Waals surface area contributed by atoms with Crippen LogP contribution in [0.25, 0.3) is 0 Å². The Morgan fingerprint density at radius 1 is 1.37 bits per heavy atom. The van der Waals surface area contributed by atoms with Crippen molar-refractivity contribution in [2.24, 2.45) is 0 Å². The summed E-state index contributed by atoms with van der Waals surface area (Å²) < 4.78 is -2.06. The molecule has 8 heteroatoms. The second kappa shape index (κ2) is 6.97. The number of amides is 2. The van der Waals surface area contributed by atoms with Crippen LogP contribution in [0.15, 0.2) is 0 Å². The second-order valence-corrected chi connectivity index (χ2v) is 7.02. The van der Waals surface area contributed by atoms with Crippen LogP contribution in [0, 0.1) is 5.41 Å². The van der Waals surface area contributed by atoms with Crippen molar-refractivity contribution in [3.8, 4) is 0 Å². The van der Waals surface area contributed by atoms with E-state index in [-0.39, 0.29) is 11.9 Å². The standard InChI is InChI=1S/C11H18Cl3N3O2/c1-7(15)17(9(18)11(12,13)14)10(19)16-8-5-3-2-4-6-8/h8-9,15,18H,2-6H2,1H3,(H,16,19). The van der Waals surface area contributed by atoms with E-state index in [1.807, 2.05) is 0 Å². The zero-order valence-electron chi connectivity index (χ0n) is 10.6. The minimum Gasteiger partial charge on any atom is -0.369 e. The van der Waals surface area contributed by atoms with Gasteiger partial charge in [-0.2, -0.15) is 0 Å². The monoisotopic (exact) mass is 329 g/mol. The van der Waals surface area contributed by atoms with Crippen LogP contribution in [0.1, 0.15) is 39.0 Å².